The Morgan fingerprint density at radius 2 is 0.820 bits per heavy atom. The van der Waals surface area contributed by atoms with Crippen LogP contribution in [0.15, 0.2) is 121 Å². The molecule has 0 fully saturated rings. The first-order valence-electron chi connectivity index (χ1n) is 17.5. The summed E-state index contributed by atoms with van der Waals surface area (Å²) in [6.45, 7) is 7.37. The second kappa shape index (κ2) is 20.6. The second-order valence-corrected chi connectivity index (χ2v) is 44.9. The second-order valence-electron chi connectivity index (χ2n) is 13.2. The van der Waals surface area contributed by atoms with Gasteiger partial charge in [-0.15, -0.1) is 0 Å². The third-order valence-electron chi connectivity index (χ3n) is 10.5. The number of halogens is 4. The minimum Gasteiger partial charge on any atom is -1.00 e. The van der Waals surface area contributed by atoms with Crippen LogP contribution in [0, 0.1) is 0 Å². The molecule has 0 amide bonds. The zero-order valence-corrected chi connectivity index (χ0v) is 39.9. The van der Waals surface area contributed by atoms with Gasteiger partial charge in [0.15, 0.2) is 0 Å². The minimum atomic E-state index is -1.61. The van der Waals surface area contributed by atoms with Crippen molar-refractivity contribution < 1.29 is 91.5 Å². The number of fused-ring (bicyclic) bond motifs is 4. The topological polar surface area (TPSA) is 0 Å². The SMILES string of the molecule is CC[SiH2][Zr+2]([CH]1C=Cc2ccccc21)[CH]1C(CC)=Cc2ccccc21.CC[SiH2][Zr+2]([CH]1C=Cc2ccccc21)[CH]1C=Cc2ccccc21.[Cl-].[Cl-].[Cl-].[Cl-]. The van der Waals surface area contributed by atoms with Gasteiger partial charge in [-0.1, -0.05) is 0 Å². The van der Waals surface area contributed by atoms with Gasteiger partial charge in [0.25, 0.3) is 0 Å². The molecule has 0 radical (unpaired) electrons. The Kier molecular flexibility index (Phi) is 18.0. The summed E-state index contributed by atoms with van der Waals surface area (Å²) in [5.41, 5.74) is 14.3. The van der Waals surface area contributed by atoms with E-state index < -0.39 is 41.8 Å². The maximum absolute atomic E-state index is 2.58. The van der Waals surface area contributed by atoms with Crippen LogP contribution in [0.3, 0.4) is 0 Å². The summed E-state index contributed by atoms with van der Waals surface area (Å²) < 4.78 is 3.26. The Hall–Kier alpha value is -0.800. The molecule has 8 heteroatoms. The van der Waals surface area contributed by atoms with E-state index in [1.807, 2.05) is 0 Å². The molecule has 0 spiro atoms. The molecular formula is C42H46Cl4Si2Zr2. The molecule has 4 aliphatic carbocycles. The Morgan fingerprint density at radius 3 is 1.24 bits per heavy atom. The molecule has 0 bridgehead atoms. The van der Waals surface area contributed by atoms with E-state index in [0.717, 1.165) is 14.5 Å². The van der Waals surface area contributed by atoms with E-state index in [1.54, 1.807) is 27.8 Å². The molecule has 0 saturated carbocycles. The fourth-order valence-electron chi connectivity index (χ4n) is 8.41. The standard InChI is InChI=1S/C11H11.3C9H7.2C2H7Si.4ClH.2Zr/c1-2-9-7-10-5-3-4-6-11(10)8-9;3*1-2-5-9-7-3-6-8(9)4-1;2*1-2-3;;;;;;/h3-8H,2H2,1H3;3*1-7H;2*2-3H2,1H3;4*1H;;/q;;;;;;;;;;2*+2/p-4. The predicted octanol–water partition coefficient (Wildman–Crippen LogP) is -1.88. The molecule has 4 aliphatic rings. The van der Waals surface area contributed by atoms with Crippen LogP contribution in [0.5, 0.6) is 0 Å². The first-order valence-corrected chi connectivity index (χ1v) is 37.1. The Bertz CT molecular complexity index is 1780. The number of rotatable bonds is 9. The summed E-state index contributed by atoms with van der Waals surface area (Å²) in [5, 5.41) is 0. The molecule has 0 aromatic heterocycles. The molecule has 4 atom stereocenters. The third-order valence-corrected chi connectivity index (χ3v) is 51.8. The molecule has 4 unspecified atom stereocenters. The van der Waals surface area contributed by atoms with Gasteiger partial charge in [-0.25, -0.2) is 0 Å². The number of benzene rings is 4. The molecule has 4 aromatic rings. The number of allylic oxidation sites excluding steroid dienone is 4. The molecule has 0 N–H and O–H groups in total. The van der Waals surface area contributed by atoms with E-state index in [4.69, 9.17) is 0 Å². The summed E-state index contributed by atoms with van der Waals surface area (Å²) in [6.07, 6.45) is 18.6. The average Bonchev–Trinajstić information content (AvgIpc) is 3.90. The van der Waals surface area contributed by atoms with Gasteiger partial charge >= 0.3 is 299 Å². The van der Waals surface area contributed by atoms with Crippen LogP contribution in [0.1, 0.15) is 86.2 Å². The van der Waals surface area contributed by atoms with Crippen LogP contribution in [0.2, 0.25) is 12.1 Å². The van der Waals surface area contributed by atoms with Crippen LogP contribution >= 0.6 is 0 Å². The number of hydrogen-bond acceptors (Lipinski definition) is 0. The van der Waals surface area contributed by atoms with Gasteiger partial charge < -0.3 is 49.6 Å². The predicted molar refractivity (Wildman–Crippen MR) is 200 cm³/mol. The van der Waals surface area contributed by atoms with Gasteiger partial charge in [0.05, 0.1) is 0 Å². The van der Waals surface area contributed by atoms with Gasteiger partial charge in [-0.2, -0.15) is 0 Å². The maximum atomic E-state index is 2.58. The van der Waals surface area contributed by atoms with Crippen LogP contribution < -0.4 is 49.6 Å². The first kappa shape index (κ1) is 43.6. The van der Waals surface area contributed by atoms with Gasteiger partial charge in [0, 0.05) is 0 Å². The van der Waals surface area contributed by atoms with Crippen molar-refractivity contribution in [3.8, 4) is 0 Å². The monoisotopic (exact) mass is 926 g/mol. The summed E-state index contributed by atoms with van der Waals surface area (Å²) in [7, 11) is 0. The fourth-order valence-corrected chi connectivity index (χ4v) is 50.2. The quantitative estimate of drug-likeness (QED) is 0.173. The zero-order valence-electron chi connectivity index (χ0n) is 29.1. The van der Waals surface area contributed by atoms with E-state index in [0.29, 0.717) is 0 Å². The van der Waals surface area contributed by atoms with E-state index in [9.17, 15) is 0 Å². The van der Waals surface area contributed by atoms with E-state index in [2.05, 4.69) is 160 Å². The smallest absolute Gasteiger partial charge is 1.00 e. The Morgan fingerprint density at radius 1 is 0.460 bits per heavy atom. The molecule has 0 heterocycles. The zero-order chi connectivity index (χ0) is 31.5. The molecule has 0 aliphatic heterocycles. The van der Waals surface area contributed by atoms with Crippen molar-refractivity contribution in [2.24, 2.45) is 0 Å². The van der Waals surface area contributed by atoms with Crippen LogP contribution in [-0.4, -0.2) is 13.3 Å². The van der Waals surface area contributed by atoms with Gasteiger partial charge in [0.1, 0.15) is 0 Å². The van der Waals surface area contributed by atoms with Crippen LogP contribution in [0.4, 0.5) is 0 Å². The molecule has 0 nitrogen and oxygen atoms in total. The van der Waals surface area contributed by atoms with Crippen molar-refractivity contribution in [2.45, 2.75) is 53.8 Å². The van der Waals surface area contributed by atoms with E-state index in [1.165, 1.54) is 40.8 Å². The fraction of sp³-hybridized carbons (Fsp3) is 0.238. The van der Waals surface area contributed by atoms with Crippen molar-refractivity contribution in [1.29, 1.82) is 0 Å². The Balaban J connectivity index is 0.000000251. The Labute approximate surface area is 344 Å². The van der Waals surface area contributed by atoms with E-state index in [-0.39, 0.29) is 62.9 Å². The van der Waals surface area contributed by atoms with E-state index >= 15 is 0 Å². The van der Waals surface area contributed by atoms with Crippen LogP contribution in [0.25, 0.3) is 24.3 Å². The summed E-state index contributed by atoms with van der Waals surface area (Å²) in [4.78, 5) is 0. The maximum Gasteiger partial charge on any atom is -1.00 e. The van der Waals surface area contributed by atoms with Gasteiger partial charge in [0.2, 0.25) is 0 Å². The molecule has 0 saturated heterocycles. The largest absolute Gasteiger partial charge is 1.00 e. The summed E-state index contributed by atoms with van der Waals surface area (Å²) in [5.74, 6) is 0. The normalized spacial score (nSPS) is 19.6. The third kappa shape index (κ3) is 8.93. The molecular weight excluding hydrogens is 885 g/mol. The van der Waals surface area contributed by atoms with Crippen LogP contribution in [-0.2, 0) is 41.8 Å². The molecule has 258 valence electrons. The minimum absolute atomic E-state index is 0. The number of hydrogen-bond donors (Lipinski definition) is 0. The summed E-state index contributed by atoms with van der Waals surface area (Å²) in [6, 6.07) is 39.4. The van der Waals surface area contributed by atoms with Crippen molar-refractivity contribution >= 4 is 37.6 Å². The molecule has 8 rings (SSSR count). The van der Waals surface area contributed by atoms with Crippen molar-refractivity contribution in [2.75, 3.05) is 0 Å². The average molecular weight is 931 g/mol. The molecule has 4 aromatic carbocycles. The van der Waals surface area contributed by atoms with Crippen molar-refractivity contribution in [3.63, 3.8) is 0 Å². The van der Waals surface area contributed by atoms with Crippen molar-refractivity contribution in [1.82, 2.24) is 0 Å². The molecule has 50 heavy (non-hydrogen) atoms. The first-order chi connectivity index (χ1) is 22.7. The van der Waals surface area contributed by atoms with Gasteiger partial charge in [-0.05, 0) is 0 Å². The van der Waals surface area contributed by atoms with Crippen molar-refractivity contribution in [3.05, 3.63) is 165 Å². The summed E-state index contributed by atoms with van der Waals surface area (Å²) >= 11 is -3.14. The van der Waals surface area contributed by atoms with Gasteiger partial charge in [-0.3, -0.25) is 0 Å².